The van der Waals surface area contributed by atoms with Crippen LogP contribution in [-0.4, -0.2) is 60.5 Å². The number of amides is 4. The van der Waals surface area contributed by atoms with Crippen molar-refractivity contribution in [2.75, 3.05) is 25.6 Å². The first kappa shape index (κ1) is 14.1. The van der Waals surface area contributed by atoms with E-state index >= 15 is 0 Å². The van der Waals surface area contributed by atoms with Crippen LogP contribution in [0, 0.1) is 0 Å². The fourth-order valence-electron chi connectivity index (χ4n) is 1.81. The first-order valence-electron chi connectivity index (χ1n) is 6.16. The topological polar surface area (TPSA) is 87.7 Å². The normalized spacial score (nSPS) is 22.8. The summed E-state index contributed by atoms with van der Waals surface area (Å²) >= 11 is 5.32. The Kier molecular flexibility index (Phi) is 4.60. The molecule has 1 unspecified atom stereocenters. The summed E-state index contributed by atoms with van der Waals surface area (Å²) in [6.07, 6.45) is 1.94. The minimum atomic E-state index is -0.697. The van der Waals surface area contributed by atoms with E-state index in [1.54, 1.807) is 0 Å². The van der Waals surface area contributed by atoms with Crippen LogP contribution >= 0.6 is 11.6 Å². The van der Waals surface area contributed by atoms with Gasteiger partial charge < -0.3 is 15.0 Å². The number of halogens is 1. The highest BCUT2D eigenvalue weighted by Crippen LogP contribution is 2.19. The number of alkyl halides is 1. The van der Waals surface area contributed by atoms with Gasteiger partial charge in [0, 0.05) is 12.6 Å². The van der Waals surface area contributed by atoms with Crippen molar-refractivity contribution in [3.8, 4) is 0 Å². The average molecular weight is 290 g/mol. The molecule has 1 aliphatic carbocycles. The zero-order valence-electron chi connectivity index (χ0n) is 10.4. The lowest BCUT2D eigenvalue weighted by Crippen LogP contribution is -2.59. The van der Waals surface area contributed by atoms with Crippen molar-refractivity contribution < 1.29 is 19.1 Å². The van der Waals surface area contributed by atoms with E-state index in [1.807, 2.05) is 0 Å². The molecule has 2 N–H and O–H groups in total. The maximum Gasteiger partial charge on any atom is 0.324 e. The Hall–Kier alpha value is -1.34. The van der Waals surface area contributed by atoms with E-state index in [9.17, 15) is 14.4 Å². The third-order valence-corrected chi connectivity index (χ3v) is 3.23. The molecule has 19 heavy (non-hydrogen) atoms. The minimum absolute atomic E-state index is 0.140. The third-order valence-electron chi connectivity index (χ3n) is 2.98. The summed E-state index contributed by atoms with van der Waals surface area (Å²) in [4.78, 5) is 36.3. The number of morpholine rings is 1. The van der Waals surface area contributed by atoms with Crippen LogP contribution in [0.3, 0.4) is 0 Å². The van der Waals surface area contributed by atoms with Gasteiger partial charge in [0.2, 0.25) is 11.8 Å². The number of nitrogens with zero attached hydrogens (tertiary/aromatic N) is 1. The van der Waals surface area contributed by atoms with E-state index < -0.39 is 18.0 Å². The van der Waals surface area contributed by atoms with Gasteiger partial charge in [0.1, 0.15) is 11.9 Å². The van der Waals surface area contributed by atoms with Gasteiger partial charge in [-0.05, 0) is 12.8 Å². The Balaban J connectivity index is 1.95. The molecular formula is C11H16ClN3O4. The standard InChI is InChI=1S/C11H16ClN3O4/c12-5-9(16)14-11(18)15-3-4-19-6-8(15)10(17)13-7-1-2-7/h7-8H,1-6H2,(H,13,17)(H,14,16,18). The van der Waals surface area contributed by atoms with Gasteiger partial charge in [0.05, 0.1) is 13.2 Å². The van der Waals surface area contributed by atoms with E-state index in [2.05, 4.69) is 10.6 Å². The van der Waals surface area contributed by atoms with Crippen LogP contribution in [0.1, 0.15) is 12.8 Å². The van der Waals surface area contributed by atoms with Gasteiger partial charge in [-0.15, -0.1) is 11.6 Å². The summed E-state index contributed by atoms with van der Waals surface area (Å²) in [5.41, 5.74) is 0. The molecule has 0 bridgehead atoms. The SMILES string of the molecule is O=C(CCl)NC(=O)N1CCOCC1C(=O)NC1CC1. The molecule has 4 amide bonds. The fraction of sp³-hybridized carbons (Fsp3) is 0.727. The van der Waals surface area contributed by atoms with Gasteiger partial charge in [-0.3, -0.25) is 14.9 Å². The van der Waals surface area contributed by atoms with Crippen molar-refractivity contribution in [2.45, 2.75) is 24.9 Å². The Labute approximate surface area is 115 Å². The Bertz CT molecular complexity index is 386. The number of nitrogens with one attached hydrogen (secondary N) is 2. The molecule has 7 nitrogen and oxygen atoms in total. The molecule has 1 heterocycles. The van der Waals surface area contributed by atoms with Crippen molar-refractivity contribution in [3.05, 3.63) is 0 Å². The van der Waals surface area contributed by atoms with Crippen molar-refractivity contribution in [2.24, 2.45) is 0 Å². The molecule has 2 aliphatic rings. The summed E-state index contributed by atoms with van der Waals surface area (Å²) in [6, 6.07) is -1.09. The number of rotatable bonds is 3. The largest absolute Gasteiger partial charge is 0.377 e. The van der Waals surface area contributed by atoms with Gasteiger partial charge in [-0.1, -0.05) is 0 Å². The minimum Gasteiger partial charge on any atom is -0.377 e. The molecule has 8 heteroatoms. The summed E-state index contributed by atoms with van der Waals surface area (Å²) in [5.74, 6) is -1.12. The molecule has 2 rings (SSSR count). The van der Waals surface area contributed by atoms with Crippen LogP contribution < -0.4 is 10.6 Å². The molecule has 0 aromatic carbocycles. The Morgan fingerprint density at radius 2 is 2.05 bits per heavy atom. The Morgan fingerprint density at radius 3 is 2.68 bits per heavy atom. The highest BCUT2D eigenvalue weighted by molar-refractivity contribution is 6.28. The van der Waals surface area contributed by atoms with Crippen LogP contribution in [0.4, 0.5) is 4.79 Å². The highest BCUT2D eigenvalue weighted by Gasteiger charge is 2.35. The quantitative estimate of drug-likeness (QED) is 0.682. The van der Waals surface area contributed by atoms with Crippen LogP contribution in [0.5, 0.6) is 0 Å². The van der Waals surface area contributed by atoms with Crippen LogP contribution in [0.25, 0.3) is 0 Å². The van der Waals surface area contributed by atoms with Gasteiger partial charge in [-0.25, -0.2) is 4.79 Å². The maximum atomic E-state index is 12.0. The lowest BCUT2D eigenvalue weighted by Gasteiger charge is -2.34. The van der Waals surface area contributed by atoms with Crippen molar-refractivity contribution in [3.63, 3.8) is 0 Å². The molecule has 1 atom stereocenters. The highest BCUT2D eigenvalue weighted by atomic mass is 35.5. The van der Waals surface area contributed by atoms with Crippen LogP contribution in [0.2, 0.25) is 0 Å². The predicted octanol–water partition coefficient (Wildman–Crippen LogP) is -0.559. The third kappa shape index (κ3) is 3.81. The molecule has 0 spiro atoms. The number of hydrogen-bond donors (Lipinski definition) is 2. The first-order valence-corrected chi connectivity index (χ1v) is 6.70. The Morgan fingerprint density at radius 1 is 1.32 bits per heavy atom. The number of carbonyl (C=O) groups is 3. The van der Waals surface area contributed by atoms with Crippen molar-refractivity contribution >= 4 is 29.4 Å². The molecule has 106 valence electrons. The van der Waals surface area contributed by atoms with Crippen molar-refractivity contribution in [1.29, 1.82) is 0 Å². The van der Waals surface area contributed by atoms with E-state index in [-0.39, 0.29) is 31.0 Å². The monoisotopic (exact) mass is 289 g/mol. The molecule has 2 fully saturated rings. The summed E-state index contributed by atoms with van der Waals surface area (Å²) in [5, 5.41) is 4.96. The first-order chi connectivity index (χ1) is 9.11. The van der Waals surface area contributed by atoms with Gasteiger partial charge >= 0.3 is 6.03 Å². The van der Waals surface area contributed by atoms with E-state index in [1.165, 1.54) is 4.90 Å². The van der Waals surface area contributed by atoms with E-state index in [0.29, 0.717) is 6.61 Å². The number of urea groups is 1. The zero-order chi connectivity index (χ0) is 13.8. The van der Waals surface area contributed by atoms with Crippen LogP contribution in [0.15, 0.2) is 0 Å². The average Bonchev–Trinajstić information content (AvgIpc) is 3.22. The summed E-state index contributed by atoms with van der Waals surface area (Å²) in [7, 11) is 0. The molecule has 1 aliphatic heterocycles. The number of ether oxygens (including phenoxy) is 1. The second-order valence-electron chi connectivity index (χ2n) is 4.55. The van der Waals surface area contributed by atoms with Gasteiger partial charge in [0.15, 0.2) is 0 Å². The maximum absolute atomic E-state index is 12.0. The van der Waals surface area contributed by atoms with Crippen LogP contribution in [-0.2, 0) is 14.3 Å². The fourth-order valence-corrected chi connectivity index (χ4v) is 1.88. The smallest absolute Gasteiger partial charge is 0.324 e. The molecule has 0 radical (unpaired) electrons. The number of carbonyl (C=O) groups excluding carboxylic acids is 3. The molecule has 0 aromatic heterocycles. The molecular weight excluding hydrogens is 274 g/mol. The lowest BCUT2D eigenvalue weighted by molar-refractivity contribution is -0.131. The summed E-state index contributed by atoms with van der Waals surface area (Å²) < 4.78 is 5.22. The van der Waals surface area contributed by atoms with Crippen molar-refractivity contribution in [1.82, 2.24) is 15.5 Å². The van der Waals surface area contributed by atoms with E-state index in [4.69, 9.17) is 16.3 Å². The lowest BCUT2D eigenvalue weighted by atomic mass is 10.2. The summed E-state index contributed by atoms with van der Waals surface area (Å²) in [6.45, 7) is 0.751. The molecule has 0 aromatic rings. The molecule has 1 saturated heterocycles. The number of hydrogen-bond acceptors (Lipinski definition) is 4. The second kappa shape index (κ2) is 6.21. The second-order valence-corrected chi connectivity index (χ2v) is 4.82. The van der Waals surface area contributed by atoms with Gasteiger partial charge in [-0.2, -0.15) is 0 Å². The predicted molar refractivity (Wildman–Crippen MR) is 66.7 cm³/mol. The molecule has 1 saturated carbocycles. The zero-order valence-corrected chi connectivity index (χ0v) is 11.1. The van der Waals surface area contributed by atoms with E-state index in [0.717, 1.165) is 12.8 Å². The van der Waals surface area contributed by atoms with Gasteiger partial charge in [0.25, 0.3) is 0 Å². The number of imide groups is 1.